The SMILES string of the molecule is CCN(CC(=O)Nc1ccnn1Cc1cccs1)Cc1cccs1. The molecule has 0 aliphatic carbocycles. The number of nitrogens with one attached hydrogen (secondary N) is 1. The number of rotatable bonds is 8. The van der Waals surface area contributed by atoms with Crippen molar-refractivity contribution in [2.45, 2.75) is 20.0 Å². The van der Waals surface area contributed by atoms with Gasteiger partial charge in [0.1, 0.15) is 5.82 Å². The maximum Gasteiger partial charge on any atom is 0.239 e. The van der Waals surface area contributed by atoms with Crippen LogP contribution in [0.15, 0.2) is 47.3 Å². The Morgan fingerprint density at radius 3 is 2.62 bits per heavy atom. The number of hydrogen-bond donors (Lipinski definition) is 1. The molecule has 0 spiro atoms. The first kappa shape index (κ1) is 16.9. The lowest BCUT2D eigenvalue weighted by Gasteiger charge is -2.19. The number of thiophene rings is 2. The van der Waals surface area contributed by atoms with Gasteiger partial charge in [0.2, 0.25) is 5.91 Å². The summed E-state index contributed by atoms with van der Waals surface area (Å²) in [5, 5.41) is 11.4. The van der Waals surface area contributed by atoms with E-state index >= 15 is 0 Å². The highest BCUT2D eigenvalue weighted by atomic mass is 32.1. The van der Waals surface area contributed by atoms with Crippen LogP contribution in [-0.4, -0.2) is 33.7 Å². The molecule has 3 aromatic rings. The highest BCUT2D eigenvalue weighted by Gasteiger charge is 2.13. The van der Waals surface area contributed by atoms with Gasteiger partial charge in [-0.05, 0) is 29.4 Å². The number of carbonyl (C=O) groups is 1. The third kappa shape index (κ3) is 4.53. The third-order valence-corrected chi connectivity index (χ3v) is 5.37. The fourth-order valence-electron chi connectivity index (χ4n) is 2.40. The molecule has 0 saturated carbocycles. The van der Waals surface area contributed by atoms with Gasteiger partial charge in [0, 0.05) is 22.4 Å². The van der Waals surface area contributed by atoms with Crippen molar-refractivity contribution in [3.8, 4) is 0 Å². The number of amides is 1. The average molecular weight is 361 g/mol. The molecule has 1 N–H and O–H groups in total. The summed E-state index contributed by atoms with van der Waals surface area (Å²) >= 11 is 3.40. The molecule has 0 atom stereocenters. The van der Waals surface area contributed by atoms with Crippen molar-refractivity contribution in [3.05, 3.63) is 57.0 Å². The second-order valence-corrected chi connectivity index (χ2v) is 7.45. The molecule has 126 valence electrons. The van der Waals surface area contributed by atoms with Crippen LogP contribution in [0.25, 0.3) is 0 Å². The van der Waals surface area contributed by atoms with Crippen molar-refractivity contribution in [2.75, 3.05) is 18.4 Å². The zero-order valence-corrected chi connectivity index (χ0v) is 15.1. The van der Waals surface area contributed by atoms with E-state index < -0.39 is 0 Å². The number of carbonyl (C=O) groups excluding carboxylic acids is 1. The summed E-state index contributed by atoms with van der Waals surface area (Å²) in [5.41, 5.74) is 0. The van der Waals surface area contributed by atoms with Gasteiger partial charge in [-0.2, -0.15) is 5.10 Å². The van der Waals surface area contributed by atoms with Crippen LogP contribution in [0, 0.1) is 0 Å². The number of nitrogens with zero attached hydrogens (tertiary/aromatic N) is 3. The van der Waals surface area contributed by atoms with Crippen molar-refractivity contribution < 1.29 is 4.79 Å². The van der Waals surface area contributed by atoms with Gasteiger partial charge in [0.05, 0.1) is 19.3 Å². The Balaban J connectivity index is 1.57. The van der Waals surface area contributed by atoms with Crippen LogP contribution < -0.4 is 5.32 Å². The summed E-state index contributed by atoms with van der Waals surface area (Å²) in [4.78, 5) is 17.0. The minimum absolute atomic E-state index is 0.0127. The van der Waals surface area contributed by atoms with Crippen molar-refractivity contribution in [2.24, 2.45) is 0 Å². The molecule has 3 aromatic heterocycles. The zero-order chi connectivity index (χ0) is 16.8. The molecule has 3 heterocycles. The number of anilines is 1. The van der Waals surface area contributed by atoms with E-state index in [1.807, 2.05) is 28.3 Å². The first-order valence-corrected chi connectivity index (χ1v) is 9.59. The summed E-state index contributed by atoms with van der Waals surface area (Å²) < 4.78 is 1.82. The molecule has 3 rings (SSSR count). The van der Waals surface area contributed by atoms with Crippen molar-refractivity contribution in [3.63, 3.8) is 0 Å². The standard InChI is InChI=1S/C17H20N4OS2/c1-2-20(11-14-5-3-9-23-14)13-17(22)19-16-7-8-18-21(16)12-15-6-4-10-24-15/h3-10H,2,11-13H2,1H3,(H,19,22). The molecule has 1 amide bonds. The fourth-order valence-corrected chi connectivity index (χ4v) is 3.83. The lowest BCUT2D eigenvalue weighted by molar-refractivity contribution is -0.117. The van der Waals surface area contributed by atoms with Crippen LogP contribution in [0.2, 0.25) is 0 Å². The molecule has 24 heavy (non-hydrogen) atoms. The Morgan fingerprint density at radius 1 is 1.21 bits per heavy atom. The largest absolute Gasteiger partial charge is 0.310 e. The Kier molecular flexibility index (Phi) is 5.79. The summed E-state index contributed by atoms with van der Waals surface area (Å²) in [6, 6.07) is 10.1. The number of hydrogen-bond acceptors (Lipinski definition) is 5. The highest BCUT2D eigenvalue weighted by molar-refractivity contribution is 7.10. The molecule has 7 heteroatoms. The summed E-state index contributed by atoms with van der Waals surface area (Å²) in [7, 11) is 0. The molecule has 0 aromatic carbocycles. The lowest BCUT2D eigenvalue weighted by atomic mass is 10.4. The molecule has 0 unspecified atom stereocenters. The molecular weight excluding hydrogens is 340 g/mol. The van der Waals surface area contributed by atoms with Crippen LogP contribution in [0.3, 0.4) is 0 Å². The smallest absolute Gasteiger partial charge is 0.239 e. The normalized spacial score (nSPS) is 11.1. The van der Waals surface area contributed by atoms with E-state index in [1.165, 1.54) is 9.75 Å². The van der Waals surface area contributed by atoms with E-state index in [-0.39, 0.29) is 5.91 Å². The van der Waals surface area contributed by atoms with E-state index in [1.54, 1.807) is 28.9 Å². The van der Waals surface area contributed by atoms with Gasteiger partial charge in [0.15, 0.2) is 0 Å². The lowest BCUT2D eigenvalue weighted by Crippen LogP contribution is -2.33. The van der Waals surface area contributed by atoms with Crippen LogP contribution in [-0.2, 0) is 17.9 Å². The van der Waals surface area contributed by atoms with Gasteiger partial charge in [0.25, 0.3) is 0 Å². The molecule has 0 fully saturated rings. The Hall–Kier alpha value is -1.96. The molecular formula is C17H20N4OS2. The molecule has 0 aliphatic heterocycles. The minimum Gasteiger partial charge on any atom is -0.310 e. The Bertz CT molecular complexity index is 750. The predicted molar refractivity (Wildman–Crippen MR) is 99.5 cm³/mol. The second-order valence-electron chi connectivity index (χ2n) is 5.38. The van der Waals surface area contributed by atoms with Gasteiger partial charge >= 0.3 is 0 Å². The first-order valence-electron chi connectivity index (χ1n) is 7.83. The van der Waals surface area contributed by atoms with Crippen molar-refractivity contribution in [1.82, 2.24) is 14.7 Å². The Labute approximate surface area is 149 Å². The van der Waals surface area contributed by atoms with Gasteiger partial charge < -0.3 is 5.32 Å². The molecule has 0 aliphatic rings. The third-order valence-electron chi connectivity index (χ3n) is 3.64. The maximum atomic E-state index is 12.4. The van der Waals surface area contributed by atoms with Crippen molar-refractivity contribution in [1.29, 1.82) is 0 Å². The topological polar surface area (TPSA) is 50.2 Å². The van der Waals surface area contributed by atoms with E-state index in [2.05, 4.69) is 39.8 Å². The average Bonchev–Trinajstić information content (AvgIpc) is 3.31. The number of likely N-dealkylation sites (N-methyl/N-ethyl adjacent to an activating group) is 1. The zero-order valence-electron chi connectivity index (χ0n) is 13.5. The van der Waals surface area contributed by atoms with E-state index in [0.29, 0.717) is 13.1 Å². The van der Waals surface area contributed by atoms with Gasteiger partial charge in [-0.15, -0.1) is 22.7 Å². The molecule has 0 saturated heterocycles. The highest BCUT2D eigenvalue weighted by Crippen LogP contribution is 2.15. The number of aromatic nitrogens is 2. The summed E-state index contributed by atoms with van der Waals surface area (Å²) in [6.45, 7) is 4.75. The molecule has 5 nitrogen and oxygen atoms in total. The second kappa shape index (κ2) is 8.23. The maximum absolute atomic E-state index is 12.4. The summed E-state index contributed by atoms with van der Waals surface area (Å²) in [6.07, 6.45) is 1.71. The van der Waals surface area contributed by atoms with Gasteiger partial charge in [-0.1, -0.05) is 19.1 Å². The van der Waals surface area contributed by atoms with Crippen LogP contribution in [0.1, 0.15) is 16.7 Å². The predicted octanol–water partition coefficient (Wildman–Crippen LogP) is 3.52. The molecule has 0 bridgehead atoms. The minimum atomic E-state index is -0.0127. The Morgan fingerprint density at radius 2 is 1.96 bits per heavy atom. The van der Waals surface area contributed by atoms with Crippen LogP contribution in [0.4, 0.5) is 5.82 Å². The van der Waals surface area contributed by atoms with Gasteiger partial charge in [-0.3, -0.25) is 9.69 Å². The van der Waals surface area contributed by atoms with Crippen molar-refractivity contribution >= 4 is 34.4 Å². The monoisotopic (exact) mass is 360 g/mol. The van der Waals surface area contributed by atoms with Crippen LogP contribution in [0.5, 0.6) is 0 Å². The first-order chi connectivity index (χ1) is 11.7. The molecule has 0 radical (unpaired) electrons. The van der Waals surface area contributed by atoms with Crippen LogP contribution >= 0.6 is 22.7 Å². The van der Waals surface area contributed by atoms with E-state index in [4.69, 9.17) is 0 Å². The fraction of sp³-hybridized carbons (Fsp3) is 0.294. The van der Waals surface area contributed by atoms with E-state index in [9.17, 15) is 4.79 Å². The summed E-state index contributed by atoms with van der Waals surface area (Å²) in [5.74, 6) is 0.724. The van der Waals surface area contributed by atoms with Gasteiger partial charge in [-0.25, -0.2) is 4.68 Å². The quantitative estimate of drug-likeness (QED) is 0.669. The van der Waals surface area contributed by atoms with E-state index in [0.717, 1.165) is 18.9 Å².